The second kappa shape index (κ2) is 4.23. The van der Waals surface area contributed by atoms with Crippen molar-refractivity contribution in [1.29, 1.82) is 5.26 Å². The number of anilines is 1. The second-order valence-electron chi connectivity index (χ2n) is 2.76. The van der Waals surface area contributed by atoms with Crippen LogP contribution in [0.15, 0.2) is 18.3 Å². The van der Waals surface area contributed by atoms with E-state index in [1.54, 1.807) is 19.2 Å². The normalized spacial score (nSPS) is 9.14. The Balaban J connectivity index is 2.77. The Morgan fingerprint density at radius 3 is 2.86 bits per heavy atom. The summed E-state index contributed by atoms with van der Waals surface area (Å²) in [5.41, 5.74) is 0.990. The van der Waals surface area contributed by atoms with Crippen LogP contribution in [0.1, 0.15) is 5.69 Å². The van der Waals surface area contributed by atoms with E-state index in [1.807, 2.05) is 6.07 Å². The highest BCUT2D eigenvalue weighted by Crippen LogP contribution is 2.10. The molecule has 14 heavy (non-hydrogen) atoms. The van der Waals surface area contributed by atoms with E-state index in [0.29, 0.717) is 11.4 Å². The van der Waals surface area contributed by atoms with Crippen LogP contribution in [-0.2, 0) is 4.79 Å². The van der Waals surface area contributed by atoms with E-state index < -0.39 is 5.97 Å². The molecule has 0 saturated carbocycles. The minimum atomic E-state index is -0.906. The number of carboxylic acid groups (broad SMARTS) is 1. The highest BCUT2D eigenvalue weighted by Gasteiger charge is 2.05. The predicted octanol–water partition coefficient (Wildman–Crippen LogP) is 0.474. The van der Waals surface area contributed by atoms with Gasteiger partial charge in [0.25, 0.3) is 0 Å². The summed E-state index contributed by atoms with van der Waals surface area (Å²) in [7, 11) is 1.65. The van der Waals surface area contributed by atoms with Crippen molar-refractivity contribution in [2.45, 2.75) is 0 Å². The highest BCUT2D eigenvalue weighted by atomic mass is 16.4. The Morgan fingerprint density at radius 1 is 1.71 bits per heavy atom. The topological polar surface area (TPSA) is 77.2 Å². The molecule has 0 spiro atoms. The van der Waals surface area contributed by atoms with Crippen molar-refractivity contribution in [1.82, 2.24) is 4.98 Å². The molecule has 0 aromatic carbocycles. The van der Waals surface area contributed by atoms with Gasteiger partial charge in [0.05, 0.1) is 11.9 Å². The fourth-order valence-electron chi connectivity index (χ4n) is 0.972. The van der Waals surface area contributed by atoms with Crippen molar-refractivity contribution < 1.29 is 9.90 Å². The second-order valence-corrected chi connectivity index (χ2v) is 2.76. The van der Waals surface area contributed by atoms with Crippen LogP contribution in [0.4, 0.5) is 5.69 Å². The Kier molecular flexibility index (Phi) is 3.02. The first-order valence-electron chi connectivity index (χ1n) is 3.92. The van der Waals surface area contributed by atoms with Gasteiger partial charge in [-0.25, -0.2) is 4.98 Å². The summed E-state index contributed by atoms with van der Waals surface area (Å²) in [5.74, 6) is -0.906. The molecule has 0 amide bonds. The lowest BCUT2D eigenvalue weighted by atomic mass is 10.3. The summed E-state index contributed by atoms with van der Waals surface area (Å²) in [5, 5.41) is 17.0. The van der Waals surface area contributed by atoms with Gasteiger partial charge in [-0.3, -0.25) is 4.79 Å². The van der Waals surface area contributed by atoms with E-state index in [0.717, 1.165) is 0 Å². The zero-order valence-corrected chi connectivity index (χ0v) is 7.64. The standard InChI is InChI=1S/C9H9N3O2/c1-12(6-9(13)14)8-3-2-7(4-10)11-5-8/h2-3,5H,6H2,1H3,(H,13,14). The van der Waals surface area contributed by atoms with Gasteiger partial charge in [0.1, 0.15) is 18.3 Å². The van der Waals surface area contributed by atoms with E-state index in [4.69, 9.17) is 10.4 Å². The zero-order chi connectivity index (χ0) is 10.6. The van der Waals surface area contributed by atoms with Crippen LogP contribution in [0.3, 0.4) is 0 Å². The molecule has 0 saturated heterocycles. The minimum Gasteiger partial charge on any atom is -0.480 e. The molecule has 0 atom stereocenters. The third kappa shape index (κ3) is 2.45. The van der Waals surface area contributed by atoms with Gasteiger partial charge in [0.15, 0.2) is 0 Å². The SMILES string of the molecule is CN(CC(=O)O)c1ccc(C#N)nc1. The molecule has 1 N–H and O–H groups in total. The Hall–Kier alpha value is -2.09. The first-order valence-corrected chi connectivity index (χ1v) is 3.92. The van der Waals surface area contributed by atoms with Gasteiger partial charge < -0.3 is 10.0 Å². The van der Waals surface area contributed by atoms with E-state index in [2.05, 4.69) is 4.98 Å². The number of aliphatic carboxylic acids is 1. The van der Waals surface area contributed by atoms with Gasteiger partial charge in [-0.15, -0.1) is 0 Å². The Labute approximate surface area is 81.2 Å². The summed E-state index contributed by atoms with van der Waals surface area (Å²) in [6.45, 7) is -0.0897. The Bertz CT molecular complexity index is 367. The fourth-order valence-corrected chi connectivity index (χ4v) is 0.972. The van der Waals surface area contributed by atoms with Crippen molar-refractivity contribution in [2.75, 3.05) is 18.5 Å². The van der Waals surface area contributed by atoms with Crippen LogP contribution >= 0.6 is 0 Å². The van der Waals surface area contributed by atoms with Crippen LogP contribution in [0.25, 0.3) is 0 Å². The van der Waals surface area contributed by atoms with Crippen LogP contribution < -0.4 is 4.90 Å². The summed E-state index contributed by atoms with van der Waals surface area (Å²) in [6, 6.07) is 5.10. The van der Waals surface area contributed by atoms with E-state index >= 15 is 0 Å². The number of nitriles is 1. The number of carbonyl (C=O) groups is 1. The molecule has 0 unspecified atom stereocenters. The summed E-state index contributed by atoms with van der Waals surface area (Å²) >= 11 is 0. The third-order valence-electron chi connectivity index (χ3n) is 1.68. The minimum absolute atomic E-state index is 0.0897. The molecule has 0 aliphatic heterocycles. The maximum Gasteiger partial charge on any atom is 0.323 e. The molecule has 0 radical (unpaired) electrons. The molecule has 0 aliphatic carbocycles. The monoisotopic (exact) mass is 191 g/mol. The molecule has 1 aromatic rings. The third-order valence-corrected chi connectivity index (χ3v) is 1.68. The number of aromatic nitrogens is 1. The lowest BCUT2D eigenvalue weighted by Gasteiger charge is -2.15. The summed E-state index contributed by atoms with van der Waals surface area (Å²) in [6.07, 6.45) is 1.47. The van der Waals surface area contributed by atoms with Gasteiger partial charge >= 0.3 is 5.97 Å². The smallest absolute Gasteiger partial charge is 0.323 e. The van der Waals surface area contributed by atoms with Crippen LogP contribution in [0.5, 0.6) is 0 Å². The number of carboxylic acids is 1. The molecule has 0 bridgehead atoms. The van der Waals surface area contributed by atoms with Crippen molar-refractivity contribution in [3.63, 3.8) is 0 Å². The van der Waals surface area contributed by atoms with Gasteiger partial charge in [-0.05, 0) is 12.1 Å². The number of pyridine rings is 1. The zero-order valence-electron chi connectivity index (χ0n) is 7.64. The molecule has 5 nitrogen and oxygen atoms in total. The van der Waals surface area contributed by atoms with Crippen LogP contribution in [0, 0.1) is 11.3 Å². The van der Waals surface area contributed by atoms with Crippen molar-refractivity contribution >= 4 is 11.7 Å². The number of nitrogens with zero attached hydrogens (tertiary/aromatic N) is 3. The predicted molar refractivity (Wildman–Crippen MR) is 49.9 cm³/mol. The van der Waals surface area contributed by atoms with Crippen molar-refractivity contribution in [2.24, 2.45) is 0 Å². The molecular weight excluding hydrogens is 182 g/mol. The van der Waals surface area contributed by atoms with Crippen LogP contribution in [-0.4, -0.2) is 29.7 Å². The van der Waals surface area contributed by atoms with Gasteiger partial charge in [-0.2, -0.15) is 5.26 Å². The van der Waals surface area contributed by atoms with Gasteiger partial charge in [0, 0.05) is 7.05 Å². The molecule has 1 aromatic heterocycles. The van der Waals surface area contributed by atoms with E-state index in [1.165, 1.54) is 11.1 Å². The number of rotatable bonds is 3. The number of hydrogen-bond donors (Lipinski definition) is 1. The lowest BCUT2D eigenvalue weighted by Crippen LogP contribution is -2.25. The maximum atomic E-state index is 10.4. The first kappa shape index (κ1) is 9.99. The average Bonchev–Trinajstić information content (AvgIpc) is 2.17. The molecular formula is C9H9N3O2. The van der Waals surface area contributed by atoms with E-state index in [-0.39, 0.29) is 6.54 Å². The largest absolute Gasteiger partial charge is 0.480 e. The van der Waals surface area contributed by atoms with Crippen molar-refractivity contribution in [3.8, 4) is 6.07 Å². The maximum absolute atomic E-state index is 10.4. The average molecular weight is 191 g/mol. The summed E-state index contributed by atoms with van der Waals surface area (Å²) in [4.78, 5) is 15.8. The first-order chi connectivity index (χ1) is 6.63. The molecule has 1 heterocycles. The quantitative estimate of drug-likeness (QED) is 0.751. The number of hydrogen-bond acceptors (Lipinski definition) is 4. The van der Waals surface area contributed by atoms with Gasteiger partial charge in [0.2, 0.25) is 0 Å². The fraction of sp³-hybridized carbons (Fsp3) is 0.222. The molecule has 0 fully saturated rings. The molecule has 5 heteroatoms. The summed E-state index contributed by atoms with van der Waals surface area (Å²) < 4.78 is 0. The highest BCUT2D eigenvalue weighted by molar-refractivity contribution is 5.73. The lowest BCUT2D eigenvalue weighted by molar-refractivity contribution is -0.135. The molecule has 72 valence electrons. The molecule has 1 rings (SSSR count). The molecule has 0 aliphatic rings. The van der Waals surface area contributed by atoms with E-state index in [9.17, 15) is 4.79 Å². The van der Waals surface area contributed by atoms with Crippen molar-refractivity contribution in [3.05, 3.63) is 24.0 Å². The van der Waals surface area contributed by atoms with Crippen LogP contribution in [0.2, 0.25) is 0 Å². The Morgan fingerprint density at radius 2 is 2.43 bits per heavy atom. The number of likely N-dealkylation sites (N-methyl/N-ethyl adjacent to an activating group) is 1. The van der Waals surface area contributed by atoms with Gasteiger partial charge in [-0.1, -0.05) is 0 Å².